The smallest absolute Gasteiger partial charge is 0.318 e. The number of aliphatic hydroxyl groups excluding tert-OH is 1. The molecule has 1 aliphatic carbocycles. The number of fused-ring (bicyclic) bond motifs is 1. The van der Waals surface area contributed by atoms with Crippen LogP contribution in [0.4, 0.5) is 4.79 Å². The van der Waals surface area contributed by atoms with Gasteiger partial charge in [-0.3, -0.25) is 0 Å². The minimum absolute atomic E-state index is 0.0123. The van der Waals surface area contributed by atoms with E-state index in [0.29, 0.717) is 13.0 Å². The maximum absolute atomic E-state index is 12.8. The van der Waals surface area contributed by atoms with Crippen LogP contribution in [0.3, 0.4) is 0 Å². The zero-order valence-corrected chi connectivity index (χ0v) is 14.9. The van der Waals surface area contributed by atoms with Crippen molar-refractivity contribution in [2.24, 2.45) is 0 Å². The van der Waals surface area contributed by atoms with Crippen molar-refractivity contribution in [2.75, 3.05) is 25.2 Å². The van der Waals surface area contributed by atoms with Crippen LogP contribution in [0, 0.1) is 0 Å². The number of hydrogen-bond donors (Lipinski definition) is 2. The molecule has 0 saturated heterocycles. The molecule has 5 heteroatoms. The number of aryl methyl sites for hydroxylation is 1. The highest BCUT2D eigenvalue weighted by Crippen LogP contribution is 2.34. The van der Waals surface area contributed by atoms with E-state index >= 15 is 0 Å². The molecule has 2 unspecified atom stereocenters. The fourth-order valence-corrected chi connectivity index (χ4v) is 3.86. The van der Waals surface area contributed by atoms with Gasteiger partial charge in [-0.25, -0.2) is 4.79 Å². The van der Waals surface area contributed by atoms with E-state index in [9.17, 15) is 9.90 Å². The lowest BCUT2D eigenvalue weighted by atomic mass is 9.87. The number of carbonyl (C=O) groups is 1. The Labute approximate surface area is 143 Å². The molecule has 1 aliphatic rings. The number of thioether (sulfide) groups is 1. The van der Waals surface area contributed by atoms with Gasteiger partial charge in [0, 0.05) is 24.9 Å². The fourth-order valence-electron chi connectivity index (χ4n) is 3.28. The second-order valence-electron chi connectivity index (χ2n) is 6.18. The highest BCUT2D eigenvalue weighted by molar-refractivity contribution is 7.98. The van der Waals surface area contributed by atoms with E-state index in [1.54, 1.807) is 11.8 Å². The summed E-state index contributed by atoms with van der Waals surface area (Å²) in [5.74, 6) is 0.904. The van der Waals surface area contributed by atoms with Crippen LogP contribution < -0.4 is 5.32 Å². The van der Waals surface area contributed by atoms with Crippen LogP contribution in [0.1, 0.15) is 43.4 Å². The van der Waals surface area contributed by atoms with Crippen LogP contribution in [-0.2, 0) is 6.42 Å². The summed E-state index contributed by atoms with van der Waals surface area (Å²) >= 11 is 1.73. The van der Waals surface area contributed by atoms with Gasteiger partial charge in [-0.1, -0.05) is 24.3 Å². The molecule has 4 nitrogen and oxygen atoms in total. The van der Waals surface area contributed by atoms with Gasteiger partial charge in [0.1, 0.15) is 0 Å². The van der Waals surface area contributed by atoms with Gasteiger partial charge in [0.25, 0.3) is 0 Å². The summed E-state index contributed by atoms with van der Waals surface area (Å²) in [5.41, 5.74) is 2.62. The summed E-state index contributed by atoms with van der Waals surface area (Å²) in [4.78, 5) is 14.7. The van der Waals surface area contributed by atoms with E-state index in [4.69, 9.17) is 0 Å². The molecule has 0 saturated carbocycles. The molecule has 0 aromatic heterocycles. The van der Waals surface area contributed by atoms with Gasteiger partial charge in [0.05, 0.1) is 6.04 Å². The molecule has 0 fully saturated rings. The third-order valence-corrected chi connectivity index (χ3v) is 5.15. The molecular formula is C18H28N2O2S. The second kappa shape index (κ2) is 9.18. The number of nitrogens with one attached hydrogen (secondary N) is 1. The number of urea groups is 1. The highest BCUT2D eigenvalue weighted by atomic mass is 32.2. The summed E-state index contributed by atoms with van der Waals surface area (Å²) in [6.07, 6.45) is 5.84. The van der Waals surface area contributed by atoms with Gasteiger partial charge in [-0.2, -0.15) is 11.8 Å². The Bertz CT molecular complexity index is 510. The van der Waals surface area contributed by atoms with Crippen molar-refractivity contribution >= 4 is 17.8 Å². The van der Waals surface area contributed by atoms with E-state index in [2.05, 4.69) is 29.6 Å². The van der Waals surface area contributed by atoms with Crippen LogP contribution in [-0.4, -0.2) is 47.2 Å². The van der Waals surface area contributed by atoms with Crippen molar-refractivity contribution < 1.29 is 9.90 Å². The normalized spacial score (nSPS) is 18.1. The van der Waals surface area contributed by atoms with Gasteiger partial charge >= 0.3 is 6.03 Å². The minimum atomic E-state index is -0.0123. The summed E-state index contributed by atoms with van der Waals surface area (Å²) in [6, 6.07) is 8.68. The van der Waals surface area contributed by atoms with Crippen LogP contribution >= 0.6 is 11.8 Å². The topological polar surface area (TPSA) is 52.6 Å². The van der Waals surface area contributed by atoms with Gasteiger partial charge in [0.2, 0.25) is 0 Å². The molecule has 128 valence electrons. The molecule has 0 spiro atoms. The van der Waals surface area contributed by atoms with Crippen molar-refractivity contribution in [2.45, 2.75) is 44.7 Å². The number of carbonyl (C=O) groups excluding carboxylic acids is 1. The lowest BCUT2D eigenvalue weighted by Gasteiger charge is -2.36. The zero-order chi connectivity index (χ0) is 16.7. The molecule has 23 heavy (non-hydrogen) atoms. The Morgan fingerprint density at radius 3 is 3.00 bits per heavy atom. The molecule has 2 amide bonds. The lowest BCUT2D eigenvalue weighted by molar-refractivity contribution is 0.156. The fraction of sp³-hybridized carbons (Fsp3) is 0.611. The van der Waals surface area contributed by atoms with E-state index in [1.807, 2.05) is 18.1 Å². The number of hydrogen-bond acceptors (Lipinski definition) is 3. The zero-order valence-electron chi connectivity index (χ0n) is 14.1. The largest absolute Gasteiger partial charge is 0.396 e. The maximum Gasteiger partial charge on any atom is 0.318 e. The van der Waals surface area contributed by atoms with Crippen molar-refractivity contribution in [1.29, 1.82) is 0 Å². The maximum atomic E-state index is 12.8. The molecule has 2 rings (SSSR count). The summed E-state index contributed by atoms with van der Waals surface area (Å²) < 4.78 is 0. The third-order valence-electron chi connectivity index (χ3n) is 4.32. The van der Waals surface area contributed by atoms with Crippen molar-refractivity contribution in [3.8, 4) is 0 Å². The monoisotopic (exact) mass is 336 g/mol. The summed E-state index contributed by atoms with van der Waals surface area (Å²) in [5, 5.41) is 12.3. The van der Waals surface area contributed by atoms with Crippen molar-refractivity contribution in [1.82, 2.24) is 10.2 Å². The van der Waals surface area contributed by atoms with E-state index in [0.717, 1.165) is 25.0 Å². The molecule has 1 aromatic rings. The van der Waals surface area contributed by atoms with Crippen LogP contribution in [0.5, 0.6) is 0 Å². The number of nitrogens with zero attached hydrogens (tertiary/aromatic N) is 1. The van der Waals surface area contributed by atoms with Gasteiger partial charge in [0.15, 0.2) is 0 Å². The third kappa shape index (κ3) is 4.88. The van der Waals surface area contributed by atoms with E-state index in [1.165, 1.54) is 11.1 Å². The van der Waals surface area contributed by atoms with Gasteiger partial charge < -0.3 is 15.3 Å². The van der Waals surface area contributed by atoms with Crippen LogP contribution in [0.15, 0.2) is 24.3 Å². The summed E-state index contributed by atoms with van der Waals surface area (Å²) in [6.45, 7) is 2.74. The average Bonchev–Trinajstić information content (AvgIpc) is 2.55. The first-order chi connectivity index (χ1) is 11.2. The predicted molar refractivity (Wildman–Crippen MR) is 96.9 cm³/mol. The minimum Gasteiger partial charge on any atom is -0.396 e. The molecule has 0 heterocycles. The second-order valence-corrected chi connectivity index (χ2v) is 7.09. The van der Waals surface area contributed by atoms with E-state index in [-0.39, 0.29) is 24.7 Å². The molecule has 0 bridgehead atoms. The Morgan fingerprint density at radius 1 is 1.48 bits per heavy atom. The Hall–Kier alpha value is -1.20. The van der Waals surface area contributed by atoms with E-state index < -0.39 is 0 Å². The van der Waals surface area contributed by atoms with Gasteiger partial charge in [-0.05, 0) is 50.0 Å². The molecule has 2 atom stereocenters. The average molecular weight is 337 g/mol. The molecule has 2 N–H and O–H groups in total. The molecular weight excluding hydrogens is 308 g/mol. The first-order valence-corrected chi connectivity index (χ1v) is 9.81. The summed E-state index contributed by atoms with van der Waals surface area (Å²) in [7, 11) is 0. The SMILES string of the molecule is CSCC(C)NC(=O)N(CCCO)C1CCCc2ccccc21. The Kier molecular flexibility index (Phi) is 7.24. The number of amides is 2. The predicted octanol–water partition coefficient (Wildman–Crippen LogP) is 3.21. The van der Waals surface area contributed by atoms with Crippen LogP contribution in [0.25, 0.3) is 0 Å². The van der Waals surface area contributed by atoms with Crippen LogP contribution in [0.2, 0.25) is 0 Å². The first-order valence-electron chi connectivity index (χ1n) is 8.42. The quantitative estimate of drug-likeness (QED) is 0.804. The molecule has 1 aromatic carbocycles. The lowest BCUT2D eigenvalue weighted by Crippen LogP contribution is -2.47. The molecule has 0 aliphatic heterocycles. The highest BCUT2D eigenvalue weighted by Gasteiger charge is 2.29. The number of benzene rings is 1. The number of aliphatic hydroxyl groups is 1. The molecule has 0 radical (unpaired) electrons. The van der Waals surface area contributed by atoms with Crippen molar-refractivity contribution in [3.63, 3.8) is 0 Å². The first kappa shape index (κ1) is 18.1. The Morgan fingerprint density at radius 2 is 2.26 bits per heavy atom. The van der Waals surface area contributed by atoms with Gasteiger partial charge in [-0.15, -0.1) is 0 Å². The van der Waals surface area contributed by atoms with Crippen molar-refractivity contribution in [3.05, 3.63) is 35.4 Å². The Balaban J connectivity index is 2.16. The standard InChI is InChI=1S/C18H28N2O2S/c1-14(13-23-2)19-18(22)20(11-6-12-21)17-10-5-8-15-7-3-4-9-16(15)17/h3-4,7,9,14,17,21H,5-6,8,10-13H2,1-2H3,(H,19,22). The number of rotatable bonds is 7.